The first kappa shape index (κ1) is 27.0. The van der Waals surface area contributed by atoms with Gasteiger partial charge in [-0.05, 0) is 53.6 Å². The van der Waals surface area contributed by atoms with Crippen molar-refractivity contribution in [2.45, 2.75) is 12.3 Å². The molecule has 0 aromatic heterocycles. The molecule has 0 aliphatic heterocycles. The molecule has 0 amide bonds. The largest absolute Gasteiger partial charge is 0.432 e. The molecule has 0 unspecified atom stereocenters. The van der Waals surface area contributed by atoms with Crippen LogP contribution in [0.5, 0.6) is 5.75 Å². The van der Waals surface area contributed by atoms with Gasteiger partial charge in [0, 0.05) is 17.2 Å². The van der Waals surface area contributed by atoms with Crippen LogP contribution in [-0.2, 0) is 12.3 Å². The van der Waals surface area contributed by atoms with E-state index in [0.29, 0.717) is 24.3 Å². The smallest absolute Gasteiger partial charge is 0.429 e. The van der Waals surface area contributed by atoms with Gasteiger partial charge < -0.3 is 4.74 Å². The predicted molar refractivity (Wildman–Crippen MR) is 113 cm³/mol. The maximum absolute atomic E-state index is 14.7. The van der Waals surface area contributed by atoms with E-state index in [-0.39, 0.29) is 29.3 Å². The number of ether oxygens (including phenoxy) is 1. The monoisotopic (exact) mass is 548 g/mol. The molecule has 0 heterocycles. The Labute approximate surface area is 206 Å². The second-order valence-corrected chi connectivity index (χ2v) is 7.87. The molecule has 0 N–H and O–H groups in total. The lowest BCUT2D eigenvalue weighted by molar-refractivity contribution is -0.189. The molecule has 198 valence electrons. The van der Waals surface area contributed by atoms with E-state index >= 15 is 0 Å². The number of alkyl halides is 5. The summed E-state index contributed by atoms with van der Waals surface area (Å²) in [5.74, 6) is -11.0. The highest BCUT2D eigenvalue weighted by atomic mass is 19.4. The average Bonchev–Trinajstić information content (AvgIpc) is 2.77. The Balaban J connectivity index is 1.65. The van der Waals surface area contributed by atoms with Gasteiger partial charge in [-0.3, -0.25) is 0 Å². The molecule has 38 heavy (non-hydrogen) atoms. The Bertz CT molecular complexity index is 1480. The van der Waals surface area contributed by atoms with Crippen molar-refractivity contribution >= 4 is 0 Å². The highest BCUT2D eigenvalue weighted by Crippen LogP contribution is 2.40. The summed E-state index contributed by atoms with van der Waals surface area (Å²) in [6.07, 6.45) is -10.1. The first-order valence-electron chi connectivity index (χ1n) is 10.4. The number of hydrogen-bond acceptors (Lipinski definition) is 1. The fourth-order valence-corrected chi connectivity index (χ4v) is 3.69. The number of benzene rings is 4. The quantitative estimate of drug-likeness (QED) is 0.226. The summed E-state index contributed by atoms with van der Waals surface area (Å²) in [5, 5.41) is 0. The fraction of sp³-hybridized carbons (Fsp3) is 0.0769. The van der Waals surface area contributed by atoms with Crippen molar-refractivity contribution in [3.05, 3.63) is 113 Å². The number of halogens is 11. The van der Waals surface area contributed by atoms with E-state index in [2.05, 4.69) is 4.74 Å². The zero-order valence-corrected chi connectivity index (χ0v) is 18.4. The van der Waals surface area contributed by atoms with Gasteiger partial charge in [0.15, 0.2) is 0 Å². The zero-order chi connectivity index (χ0) is 28.0. The fourth-order valence-electron chi connectivity index (χ4n) is 3.69. The lowest BCUT2D eigenvalue weighted by Crippen LogP contribution is -2.25. The summed E-state index contributed by atoms with van der Waals surface area (Å²) in [4.78, 5) is 0. The first-order valence-corrected chi connectivity index (χ1v) is 10.4. The molecule has 4 aromatic rings. The van der Waals surface area contributed by atoms with Crippen LogP contribution in [0.2, 0.25) is 0 Å². The highest BCUT2D eigenvalue weighted by molar-refractivity contribution is 5.66. The van der Waals surface area contributed by atoms with Crippen LogP contribution in [0, 0.1) is 34.9 Å². The molecular formula is C26H11F11O. The van der Waals surface area contributed by atoms with Gasteiger partial charge in [-0.1, -0.05) is 18.2 Å². The van der Waals surface area contributed by atoms with Gasteiger partial charge in [0.25, 0.3) is 0 Å². The molecule has 0 radical (unpaired) electrons. The summed E-state index contributed by atoms with van der Waals surface area (Å²) in [7, 11) is 0. The summed E-state index contributed by atoms with van der Waals surface area (Å²) in [5.41, 5.74) is -6.09. The molecule has 1 nitrogen and oxygen atoms in total. The Morgan fingerprint density at radius 2 is 0.947 bits per heavy atom. The molecule has 0 fully saturated rings. The standard InChI is InChI=1S/C26H11F11O/c27-17-4-2-1-3-15(17)12-9-21(31)24(22(32)10-12)26(36,37)38-14-5-6-16(18(28)11-14)13-7-19(29)23(20(30)8-13)25(33,34)35/h1-11H. The van der Waals surface area contributed by atoms with Gasteiger partial charge in [0.2, 0.25) is 0 Å². The molecule has 4 rings (SSSR count). The van der Waals surface area contributed by atoms with Crippen LogP contribution >= 0.6 is 0 Å². The third kappa shape index (κ3) is 5.15. The van der Waals surface area contributed by atoms with Crippen molar-refractivity contribution in [2.24, 2.45) is 0 Å². The average molecular weight is 548 g/mol. The van der Waals surface area contributed by atoms with Crippen molar-refractivity contribution in [3.8, 4) is 28.0 Å². The topological polar surface area (TPSA) is 9.23 Å². The molecule has 0 spiro atoms. The molecule has 0 aliphatic rings. The second-order valence-electron chi connectivity index (χ2n) is 7.87. The third-order valence-electron chi connectivity index (χ3n) is 5.34. The number of hydrogen-bond donors (Lipinski definition) is 0. The van der Waals surface area contributed by atoms with Crippen LogP contribution in [0.25, 0.3) is 22.3 Å². The minimum Gasteiger partial charge on any atom is -0.429 e. The highest BCUT2D eigenvalue weighted by Gasteiger charge is 2.42. The van der Waals surface area contributed by atoms with E-state index in [0.717, 1.165) is 12.1 Å². The minimum absolute atomic E-state index is 0.196. The lowest BCUT2D eigenvalue weighted by atomic mass is 10.0. The Hall–Kier alpha value is -4.09. The van der Waals surface area contributed by atoms with Crippen LogP contribution in [0.1, 0.15) is 11.1 Å². The molecular weight excluding hydrogens is 537 g/mol. The summed E-state index contributed by atoms with van der Waals surface area (Å²) < 4.78 is 157. The summed E-state index contributed by atoms with van der Waals surface area (Å²) in [6, 6.07) is 7.68. The van der Waals surface area contributed by atoms with Gasteiger partial charge in [0.05, 0.1) is 0 Å². The summed E-state index contributed by atoms with van der Waals surface area (Å²) >= 11 is 0. The normalized spacial score (nSPS) is 12.1. The van der Waals surface area contributed by atoms with Crippen molar-refractivity contribution < 1.29 is 53.0 Å². The van der Waals surface area contributed by atoms with E-state index in [1.54, 1.807) is 0 Å². The molecule has 0 atom stereocenters. The van der Waals surface area contributed by atoms with Gasteiger partial charge in [0.1, 0.15) is 51.8 Å². The zero-order valence-electron chi connectivity index (χ0n) is 18.4. The van der Waals surface area contributed by atoms with E-state index < -0.39 is 75.2 Å². The second kappa shape index (κ2) is 9.66. The third-order valence-corrected chi connectivity index (χ3v) is 5.34. The van der Waals surface area contributed by atoms with Crippen LogP contribution in [0.3, 0.4) is 0 Å². The molecule has 0 aliphatic carbocycles. The SMILES string of the molecule is Fc1ccccc1-c1cc(F)c(C(F)(F)Oc2ccc(-c3cc(F)c(C(F)(F)F)c(F)c3)c(F)c2)c(F)c1. The predicted octanol–water partition coefficient (Wildman–Crippen LogP) is 9.00. The Morgan fingerprint density at radius 3 is 1.42 bits per heavy atom. The minimum atomic E-state index is -5.37. The van der Waals surface area contributed by atoms with Crippen LogP contribution in [0.4, 0.5) is 48.3 Å². The molecule has 4 aromatic carbocycles. The van der Waals surface area contributed by atoms with Gasteiger partial charge in [-0.25, -0.2) is 26.3 Å². The summed E-state index contributed by atoms with van der Waals surface area (Å²) in [6.45, 7) is 0. The van der Waals surface area contributed by atoms with Crippen molar-refractivity contribution in [2.75, 3.05) is 0 Å². The molecule has 0 saturated heterocycles. The maximum Gasteiger partial charge on any atom is 0.432 e. The van der Waals surface area contributed by atoms with Crippen LogP contribution in [-0.4, -0.2) is 0 Å². The number of rotatable bonds is 5. The van der Waals surface area contributed by atoms with Crippen molar-refractivity contribution in [1.82, 2.24) is 0 Å². The first-order chi connectivity index (χ1) is 17.7. The Kier molecular flexibility index (Phi) is 6.85. The van der Waals surface area contributed by atoms with Gasteiger partial charge in [-0.2, -0.15) is 22.0 Å². The van der Waals surface area contributed by atoms with Crippen molar-refractivity contribution in [1.29, 1.82) is 0 Å². The van der Waals surface area contributed by atoms with E-state index in [1.807, 2.05) is 0 Å². The van der Waals surface area contributed by atoms with Crippen molar-refractivity contribution in [3.63, 3.8) is 0 Å². The van der Waals surface area contributed by atoms with Gasteiger partial charge >= 0.3 is 12.3 Å². The molecule has 0 bridgehead atoms. The van der Waals surface area contributed by atoms with Crippen LogP contribution in [0.15, 0.2) is 66.7 Å². The van der Waals surface area contributed by atoms with E-state index in [4.69, 9.17) is 0 Å². The maximum atomic E-state index is 14.7. The van der Waals surface area contributed by atoms with Gasteiger partial charge in [-0.15, -0.1) is 0 Å². The van der Waals surface area contributed by atoms with E-state index in [1.165, 1.54) is 12.1 Å². The molecule has 12 heteroatoms. The molecule has 0 saturated carbocycles. The lowest BCUT2D eigenvalue weighted by Gasteiger charge is -2.20. The Morgan fingerprint density at radius 1 is 0.474 bits per heavy atom. The van der Waals surface area contributed by atoms with E-state index in [9.17, 15) is 48.3 Å². The van der Waals surface area contributed by atoms with Crippen LogP contribution < -0.4 is 4.74 Å².